The quantitative estimate of drug-likeness (QED) is 0.451. The molecule has 0 aliphatic rings. The maximum absolute atomic E-state index is 12.5. The van der Waals surface area contributed by atoms with Crippen LogP contribution < -0.4 is 20.1 Å². The van der Waals surface area contributed by atoms with Gasteiger partial charge < -0.3 is 20.1 Å². The number of para-hydroxylation sites is 1. The van der Waals surface area contributed by atoms with Crippen LogP contribution in [0.5, 0.6) is 17.2 Å². The molecule has 28 heavy (non-hydrogen) atoms. The van der Waals surface area contributed by atoms with Crippen LogP contribution in [-0.4, -0.2) is 35.7 Å². The highest BCUT2D eigenvalue weighted by molar-refractivity contribution is 7.98. The van der Waals surface area contributed by atoms with Gasteiger partial charge in [0, 0.05) is 16.9 Å². The minimum atomic E-state index is -2.89. The van der Waals surface area contributed by atoms with E-state index in [1.54, 1.807) is 43.5 Å². The number of nitrogens with two attached hydrogens (primary N) is 1. The van der Waals surface area contributed by atoms with Crippen LogP contribution in [0.2, 0.25) is 0 Å². The monoisotopic (exact) mass is 408 g/mol. The van der Waals surface area contributed by atoms with Crippen LogP contribution in [0, 0.1) is 0 Å². The van der Waals surface area contributed by atoms with Crippen molar-refractivity contribution in [2.45, 2.75) is 17.5 Å². The number of hydrogen-bond acceptors (Lipinski definition) is 7. The van der Waals surface area contributed by atoms with Gasteiger partial charge in [-0.2, -0.15) is 8.78 Å². The number of alkyl halides is 2. The standard InChI is InChI=1S/C18H18F2N4O3S/c1-25-14-8-7-11(9-15(14)26-2)16-22-23-18(24(16)21)28-10-12-5-3-4-6-13(12)27-17(19)20/h3-9,17H,10,21H2,1-2H3. The van der Waals surface area contributed by atoms with E-state index in [0.29, 0.717) is 39.4 Å². The first-order valence-electron chi connectivity index (χ1n) is 8.12. The van der Waals surface area contributed by atoms with Crippen LogP contribution in [0.1, 0.15) is 5.56 Å². The summed E-state index contributed by atoms with van der Waals surface area (Å²) in [6.07, 6.45) is 0. The Hall–Kier alpha value is -3.01. The van der Waals surface area contributed by atoms with Gasteiger partial charge in [-0.1, -0.05) is 30.0 Å². The van der Waals surface area contributed by atoms with Gasteiger partial charge in [0.2, 0.25) is 5.16 Å². The summed E-state index contributed by atoms with van der Waals surface area (Å²) >= 11 is 1.26. The third-order valence-corrected chi connectivity index (χ3v) is 4.84. The van der Waals surface area contributed by atoms with Gasteiger partial charge in [-0.05, 0) is 24.3 Å². The predicted molar refractivity (Wildman–Crippen MR) is 101 cm³/mol. The number of thioether (sulfide) groups is 1. The first kappa shape index (κ1) is 19.7. The van der Waals surface area contributed by atoms with Gasteiger partial charge in [-0.3, -0.25) is 0 Å². The summed E-state index contributed by atoms with van der Waals surface area (Å²) in [5.41, 5.74) is 1.30. The molecular formula is C18H18F2N4O3S. The van der Waals surface area contributed by atoms with Crippen molar-refractivity contribution < 1.29 is 23.0 Å². The molecule has 0 fully saturated rings. The van der Waals surface area contributed by atoms with E-state index in [2.05, 4.69) is 14.9 Å². The van der Waals surface area contributed by atoms with Gasteiger partial charge in [-0.25, -0.2) is 4.68 Å². The molecular weight excluding hydrogens is 390 g/mol. The number of hydrogen-bond donors (Lipinski definition) is 1. The lowest BCUT2D eigenvalue weighted by molar-refractivity contribution is -0.0503. The maximum Gasteiger partial charge on any atom is 0.387 e. The zero-order valence-corrected chi connectivity index (χ0v) is 16.0. The Kier molecular flexibility index (Phi) is 6.19. The van der Waals surface area contributed by atoms with Crippen molar-refractivity contribution in [2.75, 3.05) is 20.1 Å². The molecule has 7 nitrogen and oxygen atoms in total. The largest absolute Gasteiger partial charge is 0.493 e. The first-order valence-corrected chi connectivity index (χ1v) is 9.10. The molecule has 0 saturated carbocycles. The fourth-order valence-electron chi connectivity index (χ4n) is 2.52. The van der Waals surface area contributed by atoms with E-state index < -0.39 is 6.61 Å². The average molecular weight is 408 g/mol. The number of rotatable bonds is 8. The highest BCUT2D eigenvalue weighted by Gasteiger charge is 2.16. The summed E-state index contributed by atoms with van der Waals surface area (Å²) in [6.45, 7) is -2.89. The smallest absolute Gasteiger partial charge is 0.387 e. The molecule has 0 saturated heterocycles. The number of halogens is 2. The van der Waals surface area contributed by atoms with Crippen molar-refractivity contribution in [3.63, 3.8) is 0 Å². The van der Waals surface area contributed by atoms with Gasteiger partial charge in [0.1, 0.15) is 5.75 Å². The number of aromatic nitrogens is 3. The Bertz CT molecular complexity index is 952. The van der Waals surface area contributed by atoms with Crippen LogP contribution >= 0.6 is 11.8 Å². The first-order chi connectivity index (χ1) is 13.5. The number of methoxy groups -OCH3 is 2. The SMILES string of the molecule is COc1ccc(-c2nnc(SCc3ccccc3OC(F)F)n2N)cc1OC. The second kappa shape index (κ2) is 8.79. The van der Waals surface area contributed by atoms with E-state index >= 15 is 0 Å². The molecule has 0 amide bonds. The lowest BCUT2D eigenvalue weighted by atomic mass is 10.2. The van der Waals surface area contributed by atoms with Crippen LogP contribution in [0.15, 0.2) is 47.6 Å². The molecule has 0 aliphatic carbocycles. The second-order valence-electron chi connectivity index (χ2n) is 5.52. The molecule has 10 heteroatoms. The summed E-state index contributed by atoms with van der Waals surface area (Å²) in [5, 5.41) is 8.63. The molecule has 0 radical (unpaired) electrons. The highest BCUT2D eigenvalue weighted by atomic mass is 32.2. The van der Waals surface area contributed by atoms with Crippen LogP contribution in [0.25, 0.3) is 11.4 Å². The predicted octanol–water partition coefficient (Wildman–Crippen LogP) is 3.57. The highest BCUT2D eigenvalue weighted by Crippen LogP contribution is 2.33. The lowest BCUT2D eigenvalue weighted by Crippen LogP contribution is -2.11. The number of nitrogen functional groups attached to an aromatic ring is 1. The average Bonchev–Trinajstić information content (AvgIpc) is 3.06. The minimum absolute atomic E-state index is 0.119. The van der Waals surface area contributed by atoms with E-state index in [-0.39, 0.29) is 5.75 Å². The Balaban J connectivity index is 1.79. The molecule has 0 unspecified atom stereocenters. The van der Waals surface area contributed by atoms with Crippen molar-refractivity contribution in [1.82, 2.24) is 14.9 Å². The molecule has 148 valence electrons. The fraction of sp³-hybridized carbons (Fsp3) is 0.222. The van der Waals surface area contributed by atoms with Gasteiger partial charge in [0.25, 0.3) is 0 Å². The van der Waals surface area contributed by atoms with Crippen molar-refractivity contribution >= 4 is 11.8 Å². The van der Waals surface area contributed by atoms with Crippen molar-refractivity contribution in [3.8, 4) is 28.6 Å². The van der Waals surface area contributed by atoms with E-state index in [0.717, 1.165) is 0 Å². The zero-order valence-electron chi connectivity index (χ0n) is 15.1. The molecule has 0 atom stereocenters. The minimum Gasteiger partial charge on any atom is -0.493 e. The zero-order chi connectivity index (χ0) is 20.1. The molecule has 2 N–H and O–H groups in total. The van der Waals surface area contributed by atoms with Gasteiger partial charge >= 0.3 is 6.61 Å². The summed E-state index contributed by atoms with van der Waals surface area (Å²) in [7, 11) is 3.09. The Morgan fingerprint density at radius 1 is 1.04 bits per heavy atom. The number of ether oxygens (including phenoxy) is 3. The topological polar surface area (TPSA) is 84.4 Å². The lowest BCUT2D eigenvalue weighted by Gasteiger charge is -2.10. The van der Waals surface area contributed by atoms with Crippen molar-refractivity contribution in [3.05, 3.63) is 48.0 Å². The van der Waals surface area contributed by atoms with Crippen LogP contribution in [0.4, 0.5) is 8.78 Å². The number of nitrogens with zero attached hydrogens (tertiary/aromatic N) is 3. The second-order valence-corrected chi connectivity index (χ2v) is 6.46. The Morgan fingerprint density at radius 2 is 1.79 bits per heavy atom. The van der Waals surface area contributed by atoms with Gasteiger partial charge in [-0.15, -0.1) is 10.2 Å². The Morgan fingerprint density at radius 3 is 2.50 bits per heavy atom. The van der Waals surface area contributed by atoms with E-state index in [9.17, 15) is 8.78 Å². The van der Waals surface area contributed by atoms with Crippen molar-refractivity contribution in [2.24, 2.45) is 0 Å². The van der Waals surface area contributed by atoms with E-state index in [1.165, 1.54) is 29.6 Å². The summed E-state index contributed by atoms with van der Waals surface area (Å²) in [4.78, 5) is 0. The Labute approximate surface area is 164 Å². The summed E-state index contributed by atoms with van der Waals surface area (Å²) in [6, 6.07) is 11.8. The molecule has 0 aliphatic heterocycles. The summed E-state index contributed by atoms with van der Waals surface area (Å²) in [5.74, 6) is 8.14. The maximum atomic E-state index is 12.5. The van der Waals surface area contributed by atoms with Crippen LogP contribution in [0.3, 0.4) is 0 Å². The molecule has 3 aromatic rings. The molecule has 3 rings (SSSR count). The molecule has 1 aromatic heterocycles. The fourth-order valence-corrected chi connectivity index (χ4v) is 3.37. The third kappa shape index (κ3) is 4.28. The molecule has 2 aromatic carbocycles. The molecule has 1 heterocycles. The van der Waals surface area contributed by atoms with Gasteiger partial charge in [0.05, 0.1) is 14.2 Å². The summed E-state index contributed by atoms with van der Waals surface area (Å²) < 4.78 is 41.5. The van der Waals surface area contributed by atoms with E-state index in [4.69, 9.17) is 15.3 Å². The van der Waals surface area contributed by atoms with Crippen LogP contribution in [-0.2, 0) is 5.75 Å². The van der Waals surface area contributed by atoms with Gasteiger partial charge in [0.15, 0.2) is 17.3 Å². The van der Waals surface area contributed by atoms with Crippen molar-refractivity contribution in [1.29, 1.82) is 0 Å². The third-order valence-electron chi connectivity index (χ3n) is 3.85. The molecule has 0 spiro atoms. The normalized spacial score (nSPS) is 10.9. The van der Waals surface area contributed by atoms with E-state index in [1.807, 2.05) is 0 Å². The molecule has 0 bridgehead atoms. The number of benzene rings is 2.